The Morgan fingerprint density at radius 2 is 1.73 bits per heavy atom. The van der Waals surface area contributed by atoms with Gasteiger partial charge >= 0.3 is 0 Å². The first kappa shape index (κ1) is 15.2. The van der Waals surface area contributed by atoms with Gasteiger partial charge in [0, 0.05) is 0 Å². The average molecular weight is 290 g/mol. The first-order chi connectivity index (χ1) is 10.7. The van der Waals surface area contributed by atoms with Gasteiger partial charge in [-0.05, 0) is 42.3 Å². The third-order valence-corrected chi connectivity index (χ3v) is 3.06. The van der Waals surface area contributed by atoms with Gasteiger partial charge in [-0.25, -0.2) is 4.85 Å². The van der Waals surface area contributed by atoms with Gasteiger partial charge in [0.2, 0.25) is 5.70 Å². The minimum absolute atomic E-state index is 0.118. The summed E-state index contributed by atoms with van der Waals surface area (Å²) in [5.74, 6) is 0.838. The quantitative estimate of drug-likeness (QED) is 0.524. The minimum atomic E-state index is 0.118. The summed E-state index contributed by atoms with van der Waals surface area (Å²) < 4.78 is 5.37. The molecular weight excluding hydrogens is 276 g/mol. The van der Waals surface area contributed by atoms with Crippen molar-refractivity contribution < 1.29 is 9.84 Å². The lowest BCUT2D eigenvalue weighted by Crippen LogP contribution is -1.92. The molecule has 2 aromatic rings. The van der Waals surface area contributed by atoms with Crippen LogP contribution in [0.4, 0.5) is 0 Å². The van der Waals surface area contributed by atoms with Crippen LogP contribution in [0.3, 0.4) is 0 Å². The van der Waals surface area contributed by atoms with Gasteiger partial charge in [0.25, 0.3) is 0 Å². The van der Waals surface area contributed by atoms with E-state index < -0.39 is 0 Å². The van der Waals surface area contributed by atoms with Crippen molar-refractivity contribution >= 4 is 11.3 Å². The van der Waals surface area contributed by atoms with Gasteiger partial charge in [0.1, 0.15) is 11.5 Å². The smallest absolute Gasteiger partial charge is 0.212 e. The number of hydrogen-bond acceptors (Lipinski definition) is 3. The highest BCUT2D eigenvalue weighted by molar-refractivity contribution is 5.99. The van der Waals surface area contributed by atoms with Gasteiger partial charge in [-0.1, -0.05) is 24.3 Å². The van der Waals surface area contributed by atoms with E-state index in [0.29, 0.717) is 23.3 Å². The van der Waals surface area contributed by atoms with Crippen molar-refractivity contribution in [1.29, 1.82) is 5.26 Å². The molecule has 108 valence electrons. The number of aromatic hydroxyl groups is 1. The number of hydrogen-bond donors (Lipinski definition) is 1. The molecule has 0 spiro atoms. The maximum atomic E-state index is 9.44. The van der Waals surface area contributed by atoms with Crippen molar-refractivity contribution in [2.45, 2.75) is 6.92 Å². The number of phenolic OH excluding ortho intramolecular Hbond substituents is 1. The predicted molar refractivity (Wildman–Crippen MR) is 84.7 cm³/mol. The van der Waals surface area contributed by atoms with E-state index in [0.717, 1.165) is 5.75 Å². The Balaban J connectivity index is 2.49. The molecule has 0 atom stereocenters. The molecule has 2 aromatic carbocycles. The van der Waals surface area contributed by atoms with E-state index in [1.165, 1.54) is 12.1 Å². The molecule has 0 unspecified atom stereocenters. The number of nitrogens with zero attached hydrogens (tertiary/aromatic N) is 2. The van der Waals surface area contributed by atoms with Gasteiger partial charge in [-0.15, -0.1) is 0 Å². The molecule has 0 saturated carbocycles. The molecule has 0 fully saturated rings. The first-order valence-electron chi connectivity index (χ1n) is 6.74. The first-order valence-corrected chi connectivity index (χ1v) is 6.74. The van der Waals surface area contributed by atoms with E-state index in [9.17, 15) is 10.4 Å². The molecule has 0 amide bonds. The third kappa shape index (κ3) is 3.26. The summed E-state index contributed by atoms with van der Waals surface area (Å²) in [6, 6.07) is 15.4. The molecule has 0 aromatic heterocycles. The van der Waals surface area contributed by atoms with Crippen molar-refractivity contribution in [3.8, 4) is 17.6 Å². The van der Waals surface area contributed by atoms with Crippen LogP contribution < -0.4 is 4.74 Å². The Morgan fingerprint density at radius 3 is 2.23 bits per heavy atom. The van der Waals surface area contributed by atoms with Crippen LogP contribution in [-0.2, 0) is 0 Å². The standard InChI is InChI=1S/C18H14N2O2/c1-3-22-16-10-6-13(7-11-16)17(12-19)18(20-2)14-4-8-15(21)9-5-14/h4-11,21H,3H2,1H3/b18-17-. The maximum absolute atomic E-state index is 9.44. The van der Waals surface area contributed by atoms with Gasteiger partial charge in [0.15, 0.2) is 0 Å². The molecule has 0 aliphatic heterocycles. The lowest BCUT2D eigenvalue weighted by molar-refractivity contribution is 0.340. The van der Waals surface area contributed by atoms with Crippen LogP contribution in [0.25, 0.3) is 16.1 Å². The largest absolute Gasteiger partial charge is 0.508 e. The fourth-order valence-electron chi connectivity index (χ4n) is 2.02. The minimum Gasteiger partial charge on any atom is -0.508 e. The van der Waals surface area contributed by atoms with Crippen LogP contribution >= 0.6 is 0 Å². The number of rotatable bonds is 4. The van der Waals surface area contributed by atoms with Crippen LogP contribution in [0.15, 0.2) is 48.5 Å². The lowest BCUT2D eigenvalue weighted by atomic mass is 10.0. The number of benzene rings is 2. The molecule has 2 rings (SSSR count). The maximum Gasteiger partial charge on any atom is 0.212 e. The Hall–Kier alpha value is -3.24. The van der Waals surface area contributed by atoms with Crippen LogP contribution in [-0.4, -0.2) is 11.7 Å². The second-order valence-corrected chi connectivity index (χ2v) is 4.45. The number of allylic oxidation sites excluding steroid dienone is 1. The highest BCUT2D eigenvalue weighted by Gasteiger charge is 2.12. The molecule has 0 bridgehead atoms. The normalized spacial score (nSPS) is 11.0. The Morgan fingerprint density at radius 1 is 1.14 bits per heavy atom. The van der Waals surface area contributed by atoms with Crippen molar-refractivity contribution in [2.75, 3.05) is 6.61 Å². The molecule has 1 N–H and O–H groups in total. The molecule has 0 aliphatic rings. The summed E-state index contributed by atoms with van der Waals surface area (Å²) in [5.41, 5.74) is 1.80. The molecule has 0 saturated heterocycles. The Bertz CT molecular complexity index is 761. The van der Waals surface area contributed by atoms with E-state index in [4.69, 9.17) is 11.3 Å². The van der Waals surface area contributed by atoms with Gasteiger partial charge < -0.3 is 9.84 Å². The molecule has 0 radical (unpaired) electrons. The highest BCUT2D eigenvalue weighted by Crippen LogP contribution is 2.29. The fourth-order valence-corrected chi connectivity index (χ4v) is 2.02. The third-order valence-electron chi connectivity index (χ3n) is 3.06. The molecule has 4 heteroatoms. The summed E-state index contributed by atoms with van der Waals surface area (Å²) in [5, 5.41) is 18.8. The topological polar surface area (TPSA) is 57.6 Å². The van der Waals surface area contributed by atoms with Crippen LogP contribution in [0.2, 0.25) is 0 Å². The zero-order valence-corrected chi connectivity index (χ0v) is 12.1. The number of ether oxygens (including phenoxy) is 1. The Kier molecular flexibility index (Phi) is 4.80. The van der Waals surface area contributed by atoms with Gasteiger partial charge in [-0.2, -0.15) is 5.26 Å². The second kappa shape index (κ2) is 6.97. The van der Waals surface area contributed by atoms with E-state index in [1.54, 1.807) is 36.4 Å². The van der Waals surface area contributed by atoms with Crippen LogP contribution in [0, 0.1) is 17.9 Å². The van der Waals surface area contributed by atoms with Gasteiger partial charge in [-0.3, -0.25) is 0 Å². The second-order valence-electron chi connectivity index (χ2n) is 4.45. The van der Waals surface area contributed by atoms with Crippen molar-refractivity contribution in [3.63, 3.8) is 0 Å². The summed E-state index contributed by atoms with van der Waals surface area (Å²) in [6.45, 7) is 9.84. The lowest BCUT2D eigenvalue weighted by Gasteiger charge is -2.07. The summed E-state index contributed by atoms with van der Waals surface area (Å²) >= 11 is 0. The van der Waals surface area contributed by atoms with Crippen molar-refractivity contribution in [2.24, 2.45) is 0 Å². The van der Waals surface area contributed by atoms with Crippen molar-refractivity contribution in [3.05, 3.63) is 71.1 Å². The van der Waals surface area contributed by atoms with Crippen LogP contribution in [0.5, 0.6) is 11.5 Å². The fraction of sp³-hybridized carbons (Fsp3) is 0.111. The summed E-state index contributed by atoms with van der Waals surface area (Å²) in [7, 11) is 0. The molecular formula is C18H14N2O2. The number of nitriles is 1. The highest BCUT2D eigenvalue weighted by atomic mass is 16.5. The average Bonchev–Trinajstić information content (AvgIpc) is 2.55. The van der Waals surface area contributed by atoms with E-state index in [1.807, 2.05) is 6.92 Å². The van der Waals surface area contributed by atoms with E-state index in [2.05, 4.69) is 10.9 Å². The number of phenols is 1. The summed E-state index contributed by atoms with van der Waals surface area (Å²) in [6.07, 6.45) is 0. The molecule has 22 heavy (non-hydrogen) atoms. The predicted octanol–water partition coefficient (Wildman–Crippen LogP) is 4.10. The summed E-state index contributed by atoms with van der Waals surface area (Å²) in [4.78, 5) is 3.49. The molecule has 4 nitrogen and oxygen atoms in total. The molecule has 0 heterocycles. The molecule has 0 aliphatic carbocycles. The zero-order chi connectivity index (χ0) is 15.9. The monoisotopic (exact) mass is 290 g/mol. The van der Waals surface area contributed by atoms with Gasteiger partial charge in [0.05, 0.1) is 24.8 Å². The van der Waals surface area contributed by atoms with Crippen LogP contribution in [0.1, 0.15) is 18.1 Å². The zero-order valence-electron chi connectivity index (χ0n) is 12.1. The van der Waals surface area contributed by atoms with E-state index >= 15 is 0 Å². The van der Waals surface area contributed by atoms with E-state index in [-0.39, 0.29) is 11.4 Å². The Labute approximate surface area is 129 Å². The van der Waals surface area contributed by atoms with Crippen molar-refractivity contribution in [1.82, 2.24) is 0 Å². The SMILES string of the molecule is [C-]#[N+]/C(=C(/C#N)c1ccc(OCC)cc1)c1ccc(O)cc1.